The third-order valence-corrected chi connectivity index (χ3v) is 4.42. The molecule has 4 unspecified atom stereocenters. The second-order valence-electron chi connectivity index (χ2n) is 5.56. The molecule has 20 heavy (non-hydrogen) atoms. The van der Waals surface area contributed by atoms with Crippen molar-refractivity contribution in [2.45, 2.75) is 44.6 Å². The predicted molar refractivity (Wildman–Crippen MR) is 79.0 cm³/mol. The maximum Gasteiger partial charge on any atom is 0.118 e. The van der Waals surface area contributed by atoms with E-state index in [1.54, 1.807) is 7.11 Å². The van der Waals surface area contributed by atoms with Gasteiger partial charge in [-0.2, -0.15) is 0 Å². The van der Waals surface area contributed by atoms with Crippen LogP contribution in [0.15, 0.2) is 24.3 Å². The summed E-state index contributed by atoms with van der Waals surface area (Å²) in [7, 11) is 3.70. The van der Waals surface area contributed by atoms with Gasteiger partial charge in [0.05, 0.1) is 19.3 Å². The smallest absolute Gasteiger partial charge is 0.118 e. The number of ether oxygens (including phenoxy) is 2. The molecule has 1 aromatic carbocycles. The molecule has 4 nitrogen and oxygen atoms in total. The minimum atomic E-state index is -0.515. The van der Waals surface area contributed by atoms with Crippen LogP contribution in [0, 0.1) is 0 Å². The van der Waals surface area contributed by atoms with E-state index in [1.165, 1.54) is 0 Å². The van der Waals surface area contributed by atoms with Crippen LogP contribution in [0.4, 0.5) is 0 Å². The quantitative estimate of drug-likeness (QED) is 0.897. The van der Waals surface area contributed by atoms with Gasteiger partial charge in [-0.25, -0.2) is 0 Å². The maximum atomic E-state index is 10.5. The Morgan fingerprint density at radius 1 is 1.35 bits per heavy atom. The van der Waals surface area contributed by atoms with Crippen LogP contribution in [0.25, 0.3) is 0 Å². The molecule has 112 valence electrons. The summed E-state index contributed by atoms with van der Waals surface area (Å²) in [5.74, 6) is 0.805. The summed E-state index contributed by atoms with van der Waals surface area (Å²) < 4.78 is 10.8. The zero-order chi connectivity index (χ0) is 14.7. The Morgan fingerprint density at radius 3 is 2.50 bits per heavy atom. The monoisotopic (exact) mass is 279 g/mol. The fourth-order valence-electron chi connectivity index (χ4n) is 2.86. The normalized spacial score (nSPS) is 25.7. The van der Waals surface area contributed by atoms with Crippen molar-refractivity contribution in [1.82, 2.24) is 4.90 Å². The van der Waals surface area contributed by atoms with Gasteiger partial charge in [0, 0.05) is 18.7 Å². The van der Waals surface area contributed by atoms with E-state index in [0.29, 0.717) is 6.04 Å². The second-order valence-corrected chi connectivity index (χ2v) is 5.56. The van der Waals surface area contributed by atoms with Gasteiger partial charge in [-0.05, 0) is 45.0 Å². The van der Waals surface area contributed by atoms with Gasteiger partial charge in [-0.1, -0.05) is 12.1 Å². The molecule has 0 radical (unpaired) electrons. The molecule has 1 fully saturated rings. The SMILES string of the molecule is COc1ccc(C(O)C(C)N(C)C2CCOC2C)cc1. The van der Waals surface area contributed by atoms with E-state index in [1.807, 2.05) is 24.3 Å². The lowest BCUT2D eigenvalue weighted by molar-refractivity contribution is 0.0218. The lowest BCUT2D eigenvalue weighted by atomic mass is 9.99. The highest BCUT2D eigenvalue weighted by Crippen LogP contribution is 2.27. The van der Waals surface area contributed by atoms with Gasteiger partial charge in [-0.15, -0.1) is 0 Å². The van der Waals surface area contributed by atoms with Crippen molar-refractivity contribution in [2.75, 3.05) is 20.8 Å². The van der Waals surface area contributed by atoms with Crippen molar-refractivity contribution in [3.63, 3.8) is 0 Å². The number of rotatable bonds is 5. The molecule has 0 amide bonds. The van der Waals surface area contributed by atoms with Crippen molar-refractivity contribution in [1.29, 1.82) is 0 Å². The van der Waals surface area contributed by atoms with Crippen molar-refractivity contribution in [3.05, 3.63) is 29.8 Å². The minimum absolute atomic E-state index is 0.0394. The highest BCUT2D eigenvalue weighted by atomic mass is 16.5. The largest absolute Gasteiger partial charge is 0.497 e. The van der Waals surface area contributed by atoms with Crippen molar-refractivity contribution >= 4 is 0 Å². The molecule has 0 aliphatic carbocycles. The first-order valence-electron chi connectivity index (χ1n) is 7.20. The van der Waals surface area contributed by atoms with Crippen LogP contribution in [-0.2, 0) is 4.74 Å². The number of likely N-dealkylation sites (N-methyl/N-ethyl adjacent to an activating group) is 1. The molecule has 4 atom stereocenters. The first kappa shape index (κ1) is 15.3. The zero-order valence-electron chi connectivity index (χ0n) is 12.7. The fourth-order valence-corrected chi connectivity index (χ4v) is 2.86. The molecule has 0 saturated carbocycles. The Balaban J connectivity index is 2.04. The van der Waals surface area contributed by atoms with Crippen LogP contribution in [-0.4, -0.2) is 49.0 Å². The van der Waals surface area contributed by atoms with Gasteiger partial charge in [0.15, 0.2) is 0 Å². The van der Waals surface area contributed by atoms with Crippen LogP contribution < -0.4 is 4.74 Å². The first-order chi connectivity index (χ1) is 9.54. The van der Waals surface area contributed by atoms with Crippen LogP contribution >= 0.6 is 0 Å². The standard InChI is InChI=1S/C16H25NO3/c1-11(17(3)15-9-10-20-12(15)2)16(18)13-5-7-14(19-4)8-6-13/h5-8,11-12,15-16,18H,9-10H2,1-4H3. The number of methoxy groups -OCH3 is 1. The lowest BCUT2D eigenvalue weighted by Gasteiger charge is -2.35. The van der Waals surface area contributed by atoms with Gasteiger partial charge in [0.2, 0.25) is 0 Å². The van der Waals surface area contributed by atoms with E-state index < -0.39 is 6.10 Å². The summed E-state index contributed by atoms with van der Waals surface area (Å²) >= 11 is 0. The highest BCUT2D eigenvalue weighted by molar-refractivity contribution is 5.29. The predicted octanol–water partition coefficient (Wildman–Crippen LogP) is 2.23. The number of aliphatic hydroxyl groups is 1. The van der Waals surface area contributed by atoms with Crippen molar-refractivity contribution in [3.8, 4) is 5.75 Å². The van der Waals surface area contributed by atoms with Crippen LogP contribution in [0.3, 0.4) is 0 Å². The third-order valence-electron chi connectivity index (χ3n) is 4.42. The molecule has 0 aromatic heterocycles. The van der Waals surface area contributed by atoms with E-state index in [-0.39, 0.29) is 12.1 Å². The summed E-state index contributed by atoms with van der Waals surface area (Å²) in [6, 6.07) is 8.01. The Labute approximate surface area is 121 Å². The molecule has 1 aromatic rings. The molecule has 1 saturated heterocycles. The molecule has 1 aliphatic rings. The molecular weight excluding hydrogens is 254 g/mol. The first-order valence-corrected chi connectivity index (χ1v) is 7.20. The molecule has 0 bridgehead atoms. The van der Waals surface area contributed by atoms with Crippen LogP contribution in [0.1, 0.15) is 31.9 Å². The summed E-state index contributed by atoms with van der Waals surface area (Å²) in [6.45, 7) is 4.96. The Hall–Kier alpha value is -1.10. The Bertz CT molecular complexity index is 420. The lowest BCUT2D eigenvalue weighted by Crippen LogP contribution is -2.44. The molecule has 4 heteroatoms. The fraction of sp³-hybridized carbons (Fsp3) is 0.625. The number of hydrogen-bond acceptors (Lipinski definition) is 4. The Morgan fingerprint density at radius 2 is 2.00 bits per heavy atom. The summed E-state index contributed by atoms with van der Waals surface area (Å²) in [6.07, 6.45) is 0.737. The average Bonchev–Trinajstić information content (AvgIpc) is 2.91. The van der Waals surface area contributed by atoms with Gasteiger partial charge in [-0.3, -0.25) is 4.90 Å². The van der Waals surface area contributed by atoms with E-state index in [9.17, 15) is 5.11 Å². The van der Waals surface area contributed by atoms with Gasteiger partial charge in [0.1, 0.15) is 5.75 Å². The minimum Gasteiger partial charge on any atom is -0.497 e. The van der Waals surface area contributed by atoms with E-state index in [2.05, 4.69) is 25.8 Å². The molecule has 1 heterocycles. The topological polar surface area (TPSA) is 41.9 Å². The third kappa shape index (κ3) is 3.14. The number of aliphatic hydroxyl groups excluding tert-OH is 1. The molecule has 1 aliphatic heterocycles. The summed E-state index contributed by atoms with van der Waals surface area (Å²) in [5, 5.41) is 10.5. The maximum absolute atomic E-state index is 10.5. The number of benzene rings is 1. The zero-order valence-corrected chi connectivity index (χ0v) is 12.7. The number of hydrogen-bond donors (Lipinski definition) is 1. The average molecular weight is 279 g/mol. The molecular formula is C16H25NO3. The van der Waals surface area contributed by atoms with Crippen LogP contribution in [0.2, 0.25) is 0 Å². The summed E-state index contributed by atoms with van der Waals surface area (Å²) in [4.78, 5) is 2.23. The molecule has 2 rings (SSSR count). The van der Waals surface area contributed by atoms with E-state index >= 15 is 0 Å². The van der Waals surface area contributed by atoms with Gasteiger partial charge >= 0.3 is 0 Å². The van der Waals surface area contributed by atoms with Gasteiger partial charge in [0.25, 0.3) is 0 Å². The molecule has 1 N–H and O–H groups in total. The van der Waals surface area contributed by atoms with Crippen molar-refractivity contribution < 1.29 is 14.6 Å². The van der Waals surface area contributed by atoms with Crippen molar-refractivity contribution in [2.24, 2.45) is 0 Å². The van der Waals surface area contributed by atoms with Gasteiger partial charge < -0.3 is 14.6 Å². The molecule has 0 spiro atoms. The van der Waals surface area contributed by atoms with E-state index in [4.69, 9.17) is 9.47 Å². The highest BCUT2D eigenvalue weighted by Gasteiger charge is 2.32. The van der Waals surface area contributed by atoms with Crippen LogP contribution in [0.5, 0.6) is 5.75 Å². The Kier molecular flexibility index (Phi) is 5.02. The van der Waals surface area contributed by atoms with E-state index in [0.717, 1.165) is 24.3 Å². The summed E-state index contributed by atoms with van der Waals surface area (Å²) in [5.41, 5.74) is 0.914. The second kappa shape index (κ2) is 6.57. The number of nitrogens with zero attached hydrogens (tertiary/aromatic N) is 1.